The van der Waals surface area contributed by atoms with E-state index in [1.807, 2.05) is 6.92 Å². The minimum Gasteiger partial charge on any atom is -0.325 e. The standard InChI is InChI=1S/C6H14FN/c1-3-4-6(8)5(2)7/h5-6H,3-4,8H2,1-2H3/t5-,6-/m0/s1. The van der Waals surface area contributed by atoms with Gasteiger partial charge in [-0.05, 0) is 13.3 Å². The van der Waals surface area contributed by atoms with E-state index in [9.17, 15) is 4.39 Å². The van der Waals surface area contributed by atoms with Crippen LogP contribution in [0.15, 0.2) is 0 Å². The molecule has 0 saturated heterocycles. The van der Waals surface area contributed by atoms with Crippen molar-refractivity contribution in [2.45, 2.75) is 38.9 Å². The van der Waals surface area contributed by atoms with Crippen molar-refractivity contribution in [3.63, 3.8) is 0 Å². The molecule has 0 aliphatic carbocycles. The SMILES string of the molecule is CCC[C@H](N)[C@H](C)F. The van der Waals surface area contributed by atoms with Gasteiger partial charge in [0.15, 0.2) is 0 Å². The minimum atomic E-state index is -0.852. The van der Waals surface area contributed by atoms with Crippen molar-refractivity contribution in [2.75, 3.05) is 0 Å². The summed E-state index contributed by atoms with van der Waals surface area (Å²) in [6.45, 7) is 3.50. The molecule has 50 valence electrons. The van der Waals surface area contributed by atoms with Gasteiger partial charge in [-0.2, -0.15) is 0 Å². The first kappa shape index (κ1) is 7.89. The number of halogens is 1. The maximum atomic E-state index is 12.2. The van der Waals surface area contributed by atoms with E-state index < -0.39 is 6.17 Å². The van der Waals surface area contributed by atoms with E-state index in [4.69, 9.17) is 5.73 Å². The summed E-state index contributed by atoms with van der Waals surface area (Å²) >= 11 is 0. The van der Waals surface area contributed by atoms with Crippen molar-refractivity contribution < 1.29 is 4.39 Å². The first-order valence-corrected chi connectivity index (χ1v) is 3.08. The van der Waals surface area contributed by atoms with Crippen LogP contribution in [0.4, 0.5) is 4.39 Å². The summed E-state index contributed by atoms with van der Waals surface area (Å²) in [6, 6.07) is -0.250. The van der Waals surface area contributed by atoms with Gasteiger partial charge in [0, 0.05) is 6.04 Å². The molecule has 0 amide bonds. The summed E-state index contributed by atoms with van der Waals surface area (Å²) in [6.07, 6.45) is 0.905. The lowest BCUT2D eigenvalue weighted by Gasteiger charge is -2.09. The van der Waals surface area contributed by atoms with Crippen LogP contribution < -0.4 is 5.73 Å². The smallest absolute Gasteiger partial charge is 0.112 e. The molecule has 0 unspecified atom stereocenters. The molecular formula is C6H14FN. The molecule has 0 radical (unpaired) electrons. The summed E-state index contributed by atoms with van der Waals surface area (Å²) in [5, 5.41) is 0. The highest BCUT2D eigenvalue weighted by Gasteiger charge is 2.07. The van der Waals surface area contributed by atoms with Gasteiger partial charge in [-0.3, -0.25) is 0 Å². The molecule has 2 atom stereocenters. The monoisotopic (exact) mass is 119 g/mol. The third kappa shape index (κ3) is 2.97. The van der Waals surface area contributed by atoms with Crippen LogP contribution in [0.25, 0.3) is 0 Å². The third-order valence-electron chi connectivity index (χ3n) is 1.21. The van der Waals surface area contributed by atoms with E-state index in [0.29, 0.717) is 0 Å². The molecule has 8 heavy (non-hydrogen) atoms. The lowest BCUT2D eigenvalue weighted by molar-refractivity contribution is 0.294. The van der Waals surface area contributed by atoms with Crippen LogP contribution in [0.3, 0.4) is 0 Å². The predicted molar refractivity (Wildman–Crippen MR) is 33.5 cm³/mol. The largest absolute Gasteiger partial charge is 0.325 e. The van der Waals surface area contributed by atoms with E-state index in [2.05, 4.69) is 0 Å². The molecule has 0 aromatic heterocycles. The number of hydrogen-bond donors (Lipinski definition) is 1. The van der Waals surface area contributed by atoms with Crippen LogP contribution in [0, 0.1) is 0 Å². The maximum absolute atomic E-state index is 12.2. The molecule has 0 bridgehead atoms. The van der Waals surface area contributed by atoms with Gasteiger partial charge in [0.05, 0.1) is 0 Å². The normalized spacial score (nSPS) is 18.0. The zero-order valence-corrected chi connectivity index (χ0v) is 5.52. The Labute approximate surface area is 50.1 Å². The average Bonchev–Trinajstić information content (AvgIpc) is 1.67. The lowest BCUT2D eigenvalue weighted by Crippen LogP contribution is -2.28. The van der Waals surface area contributed by atoms with Gasteiger partial charge in [-0.1, -0.05) is 13.3 Å². The van der Waals surface area contributed by atoms with E-state index in [0.717, 1.165) is 12.8 Å². The highest BCUT2D eigenvalue weighted by atomic mass is 19.1. The Hall–Kier alpha value is -0.110. The molecule has 1 nitrogen and oxygen atoms in total. The van der Waals surface area contributed by atoms with Crippen molar-refractivity contribution in [2.24, 2.45) is 5.73 Å². The molecule has 2 heteroatoms. The van der Waals surface area contributed by atoms with Crippen LogP contribution in [-0.2, 0) is 0 Å². The van der Waals surface area contributed by atoms with Crippen LogP contribution in [0.1, 0.15) is 26.7 Å². The van der Waals surface area contributed by atoms with E-state index in [1.54, 1.807) is 0 Å². The molecule has 0 aliphatic rings. The first-order valence-electron chi connectivity index (χ1n) is 3.08. The maximum Gasteiger partial charge on any atom is 0.112 e. The zero-order chi connectivity index (χ0) is 6.57. The molecule has 2 N–H and O–H groups in total. The first-order chi connectivity index (χ1) is 3.68. The Balaban J connectivity index is 3.17. The highest BCUT2D eigenvalue weighted by Crippen LogP contribution is 2.01. The Morgan fingerprint density at radius 2 is 2.12 bits per heavy atom. The number of hydrogen-bond acceptors (Lipinski definition) is 1. The minimum absolute atomic E-state index is 0.250. The fourth-order valence-electron chi connectivity index (χ4n) is 0.563. The van der Waals surface area contributed by atoms with Crippen molar-refractivity contribution in [3.8, 4) is 0 Å². The van der Waals surface area contributed by atoms with Gasteiger partial charge in [0.25, 0.3) is 0 Å². The van der Waals surface area contributed by atoms with E-state index >= 15 is 0 Å². The van der Waals surface area contributed by atoms with E-state index in [1.165, 1.54) is 6.92 Å². The van der Waals surface area contributed by atoms with Crippen molar-refractivity contribution >= 4 is 0 Å². The lowest BCUT2D eigenvalue weighted by atomic mass is 10.1. The van der Waals surface area contributed by atoms with E-state index in [-0.39, 0.29) is 6.04 Å². The molecular weight excluding hydrogens is 105 g/mol. The second kappa shape index (κ2) is 3.84. The van der Waals surface area contributed by atoms with Gasteiger partial charge >= 0.3 is 0 Å². The van der Waals surface area contributed by atoms with Crippen LogP contribution in [0.5, 0.6) is 0 Å². The summed E-state index contributed by atoms with van der Waals surface area (Å²) in [5.41, 5.74) is 5.35. The molecule has 0 aliphatic heterocycles. The molecule has 0 spiro atoms. The van der Waals surface area contributed by atoms with Gasteiger partial charge in [0.1, 0.15) is 6.17 Å². The third-order valence-corrected chi connectivity index (χ3v) is 1.21. The predicted octanol–water partition coefficient (Wildman–Crippen LogP) is 1.47. The highest BCUT2D eigenvalue weighted by molar-refractivity contribution is 4.65. The second-order valence-electron chi connectivity index (χ2n) is 2.13. The fourth-order valence-corrected chi connectivity index (χ4v) is 0.563. The Morgan fingerprint density at radius 1 is 1.62 bits per heavy atom. The molecule has 0 aromatic rings. The van der Waals surface area contributed by atoms with Gasteiger partial charge in [0.2, 0.25) is 0 Å². The fraction of sp³-hybridized carbons (Fsp3) is 1.00. The van der Waals surface area contributed by atoms with Crippen molar-refractivity contribution in [3.05, 3.63) is 0 Å². The molecule has 0 saturated carbocycles. The van der Waals surface area contributed by atoms with Crippen LogP contribution >= 0.6 is 0 Å². The quantitative estimate of drug-likeness (QED) is 0.598. The van der Waals surface area contributed by atoms with Crippen LogP contribution in [0.2, 0.25) is 0 Å². The van der Waals surface area contributed by atoms with Gasteiger partial charge in [-0.25, -0.2) is 4.39 Å². The van der Waals surface area contributed by atoms with Crippen molar-refractivity contribution in [1.29, 1.82) is 0 Å². The number of rotatable bonds is 3. The molecule has 0 heterocycles. The average molecular weight is 119 g/mol. The summed E-state index contributed by atoms with van der Waals surface area (Å²) < 4.78 is 12.2. The van der Waals surface area contributed by atoms with Gasteiger partial charge in [-0.15, -0.1) is 0 Å². The second-order valence-corrected chi connectivity index (χ2v) is 2.13. The zero-order valence-electron chi connectivity index (χ0n) is 5.52. The number of alkyl halides is 1. The summed E-state index contributed by atoms with van der Waals surface area (Å²) in [4.78, 5) is 0. The Bertz CT molecular complexity index is 54.5. The summed E-state index contributed by atoms with van der Waals surface area (Å²) in [5.74, 6) is 0. The Morgan fingerprint density at radius 3 is 2.25 bits per heavy atom. The molecule has 0 fully saturated rings. The summed E-state index contributed by atoms with van der Waals surface area (Å²) in [7, 11) is 0. The Kier molecular flexibility index (Phi) is 3.79. The van der Waals surface area contributed by atoms with Crippen molar-refractivity contribution in [1.82, 2.24) is 0 Å². The topological polar surface area (TPSA) is 26.0 Å². The molecule has 0 rings (SSSR count). The molecule has 0 aromatic carbocycles. The number of nitrogens with two attached hydrogens (primary N) is 1. The van der Waals surface area contributed by atoms with Gasteiger partial charge < -0.3 is 5.73 Å². The van der Waals surface area contributed by atoms with Crippen LogP contribution in [-0.4, -0.2) is 12.2 Å².